The number of rotatable bonds is 12. The Bertz CT molecular complexity index is 1600. The molecule has 0 saturated heterocycles. The van der Waals surface area contributed by atoms with E-state index in [1.54, 1.807) is 23.1 Å². The number of anilines is 2. The van der Waals surface area contributed by atoms with Crippen molar-refractivity contribution in [3.8, 4) is 5.75 Å². The van der Waals surface area contributed by atoms with Gasteiger partial charge in [0.15, 0.2) is 6.61 Å². The summed E-state index contributed by atoms with van der Waals surface area (Å²) in [4.78, 5) is 41.2. The molecule has 5 rings (SSSR count). The van der Waals surface area contributed by atoms with E-state index >= 15 is 0 Å². The number of carboxylic acids is 1. The van der Waals surface area contributed by atoms with Crippen LogP contribution in [0.3, 0.4) is 0 Å². The number of fused-ring (bicyclic) bond motifs is 1. The molecule has 226 valence electrons. The van der Waals surface area contributed by atoms with E-state index in [2.05, 4.69) is 0 Å². The second-order valence-electron chi connectivity index (χ2n) is 10.0. The molecule has 44 heavy (non-hydrogen) atoms. The fraction of sp³-hybridized carbons (Fsp3) is 0.212. The van der Waals surface area contributed by atoms with Gasteiger partial charge in [-0.2, -0.15) is 9.69 Å². The fourth-order valence-corrected chi connectivity index (χ4v) is 6.00. The zero-order chi connectivity index (χ0) is 30.9. The van der Waals surface area contributed by atoms with Crippen molar-refractivity contribution in [3.63, 3.8) is 0 Å². The summed E-state index contributed by atoms with van der Waals surface area (Å²) in [5.41, 5.74) is 2.30. The van der Waals surface area contributed by atoms with Crippen molar-refractivity contribution >= 4 is 41.2 Å². The van der Waals surface area contributed by atoms with Crippen LogP contribution < -0.4 is 19.3 Å². The molecule has 1 aromatic heterocycles. The summed E-state index contributed by atoms with van der Waals surface area (Å²) in [5.74, 6) is -0.498. The Balaban J connectivity index is 1.28. The number of thioether (sulfide) groups is 1. The van der Waals surface area contributed by atoms with Gasteiger partial charge in [0.05, 0.1) is 24.8 Å². The number of hydrogen-bond acceptors (Lipinski definition) is 7. The molecule has 0 spiro atoms. The zero-order valence-corrected chi connectivity index (χ0v) is 24.6. The van der Waals surface area contributed by atoms with Crippen LogP contribution in [0.4, 0.5) is 16.3 Å². The third-order valence-corrected chi connectivity index (χ3v) is 8.20. The van der Waals surface area contributed by atoms with Crippen LogP contribution in [0.2, 0.25) is 0 Å². The topological polar surface area (TPSA) is 123 Å². The smallest absolute Gasteiger partial charge is 0.507 e. The lowest BCUT2D eigenvalue weighted by Gasteiger charge is -2.30. The predicted molar refractivity (Wildman–Crippen MR) is 166 cm³/mol. The van der Waals surface area contributed by atoms with Crippen molar-refractivity contribution < 1.29 is 33.7 Å². The second kappa shape index (κ2) is 14.4. The molecule has 1 N–H and O–H groups in total. The zero-order valence-electron chi connectivity index (χ0n) is 23.8. The SMILES string of the molecule is O=C(O)CC(Sc1ccc2c(c1)OCC(=O)N2CCCN(C(=O)OCc1ccccc1)c1cccc[n+]1[O-])c1ccccc1. The van der Waals surface area contributed by atoms with Crippen LogP contribution in [0.1, 0.15) is 29.2 Å². The normalized spacial score (nSPS) is 13.0. The molecule has 1 atom stereocenters. The van der Waals surface area contributed by atoms with Gasteiger partial charge < -0.3 is 24.7 Å². The maximum absolute atomic E-state index is 13.1. The first-order chi connectivity index (χ1) is 21.4. The molecule has 0 radical (unpaired) electrons. The number of carbonyl (C=O) groups excluding carboxylic acids is 2. The third-order valence-electron chi connectivity index (χ3n) is 6.95. The van der Waals surface area contributed by atoms with Crippen LogP contribution in [0.15, 0.2) is 108 Å². The van der Waals surface area contributed by atoms with E-state index in [-0.39, 0.29) is 49.7 Å². The number of carbonyl (C=O) groups is 3. The van der Waals surface area contributed by atoms with Crippen molar-refractivity contribution in [2.45, 2.75) is 29.6 Å². The minimum absolute atomic E-state index is 0.0493. The molecule has 1 unspecified atom stereocenters. The molecule has 10 nitrogen and oxygen atoms in total. The van der Waals surface area contributed by atoms with Crippen molar-refractivity contribution in [1.82, 2.24) is 0 Å². The first-order valence-corrected chi connectivity index (χ1v) is 14.9. The first kappa shape index (κ1) is 30.4. The van der Waals surface area contributed by atoms with E-state index < -0.39 is 12.1 Å². The largest absolute Gasteiger partial charge is 0.711 e. The van der Waals surface area contributed by atoms with E-state index in [1.807, 2.05) is 72.8 Å². The summed E-state index contributed by atoms with van der Waals surface area (Å²) in [7, 11) is 0. The van der Waals surface area contributed by atoms with Gasteiger partial charge in [-0.25, -0.2) is 4.73 Å². The van der Waals surface area contributed by atoms with Gasteiger partial charge in [0.25, 0.3) is 11.7 Å². The highest BCUT2D eigenvalue weighted by atomic mass is 32.2. The number of aromatic nitrogens is 1. The molecule has 1 aliphatic rings. The standard InChI is InChI=1S/C33H31N3O7S/c37-31-23-42-28-20-26(44-29(21-32(38)39)25-12-5-2-6-13-25)15-16-27(28)34(31)17-9-18-35(30-14-7-8-19-36(30)41)33(40)43-22-24-10-3-1-4-11-24/h1-8,10-16,19-20,29H,9,17-18,21-23H2,(H,38,39). The highest BCUT2D eigenvalue weighted by Crippen LogP contribution is 2.42. The Morgan fingerprint density at radius 1 is 1.02 bits per heavy atom. The summed E-state index contributed by atoms with van der Waals surface area (Å²) < 4.78 is 11.9. The molecule has 3 aromatic carbocycles. The quantitative estimate of drug-likeness (QED) is 0.125. The van der Waals surface area contributed by atoms with Gasteiger partial charge in [0.1, 0.15) is 12.4 Å². The average molecular weight is 614 g/mol. The molecule has 0 fully saturated rings. The molecule has 0 bridgehead atoms. The highest BCUT2D eigenvalue weighted by molar-refractivity contribution is 7.99. The molecule has 4 aromatic rings. The number of carboxylic acid groups (broad SMARTS) is 1. The number of amides is 2. The van der Waals surface area contributed by atoms with E-state index in [9.17, 15) is 24.7 Å². The fourth-order valence-electron chi connectivity index (χ4n) is 4.83. The lowest BCUT2D eigenvalue weighted by atomic mass is 10.1. The van der Waals surface area contributed by atoms with Gasteiger partial charge in [0, 0.05) is 29.2 Å². The van der Waals surface area contributed by atoms with Gasteiger partial charge in [-0.05, 0) is 35.4 Å². The molecule has 2 amide bonds. The lowest BCUT2D eigenvalue weighted by molar-refractivity contribution is -0.591. The summed E-state index contributed by atoms with van der Waals surface area (Å²) in [6.45, 7) is 0.290. The minimum atomic E-state index is -0.895. The van der Waals surface area contributed by atoms with Crippen LogP contribution in [0, 0.1) is 5.21 Å². The van der Waals surface area contributed by atoms with Gasteiger partial charge in [-0.3, -0.25) is 9.59 Å². The molecule has 1 aliphatic heterocycles. The Hall–Kier alpha value is -5.03. The van der Waals surface area contributed by atoms with Gasteiger partial charge in [-0.1, -0.05) is 66.7 Å². The maximum atomic E-state index is 13.1. The van der Waals surface area contributed by atoms with E-state index in [1.165, 1.54) is 28.9 Å². The van der Waals surface area contributed by atoms with Crippen LogP contribution in [0.25, 0.3) is 0 Å². The van der Waals surface area contributed by atoms with Crippen molar-refractivity contribution in [2.24, 2.45) is 0 Å². The van der Waals surface area contributed by atoms with E-state index in [0.29, 0.717) is 22.6 Å². The van der Waals surface area contributed by atoms with Gasteiger partial charge in [0.2, 0.25) is 0 Å². The lowest BCUT2D eigenvalue weighted by Crippen LogP contribution is -2.44. The highest BCUT2D eigenvalue weighted by Gasteiger charge is 2.30. The Morgan fingerprint density at radius 2 is 1.75 bits per heavy atom. The van der Waals surface area contributed by atoms with Crippen LogP contribution in [-0.4, -0.2) is 42.8 Å². The van der Waals surface area contributed by atoms with Crippen LogP contribution >= 0.6 is 11.8 Å². The predicted octanol–water partition coefficient (Wildman–Crippen LogP) is 5.59. The Kier molecular flexibility index (Phi) is 9.98. The monoisotopic (exact) mass is 613 g/mol. The molecule has 0 saturated carbocycles. The number of pyridine rings is 1. The third kappa shape index (κ3) is 7.67. The summed E-state index contributed by atoms with van der Waals surface area (Å²) in [6.07, 6.45) is 0.940. The number of ether oxygens (including phenoxy) is 2. The number of aliphatic carboxylic acids is 1. The average Bonchev–Trinajstić information content (AvgIpc) is 3.04. The summed E-state index contributed by atoms with van der Waals surface area (Å²) in [6, 6.07) is 28.9. The van der Waals surface area contributed by atoms with Gasteiger partial charge in [-0.15, -0.1) is 11.8 Å². The van der Waals surface area contributed by atoms with E-state index in [0.717, 1.165) is 16.0 Å². The maximum Gasteiger partial charge on any atom is 0.507 e. The number of benzene rings is 3. The molecular weight excluding hydrogens is 582 g/mol. The van der Waals surface area contributed by atoms with Gasteiger partial charge >= 0.3 is 12.1 Å². The van der Waals surface area contributed by atoms with Crippen molar-refractivity contribution in [3.05, 3.63) is 120 Å². The molecular formula is C33H31N3O7S. The van der Waals surface area contributed by atoms with Crippen LogP contribution in [-0.2, 0) is 20.9 Å². The Morgan fingerprint density at radius 3 is 2.48 bits per heavy atom. The number of nitrogens with zero attached hydrogens (tertiary/aromatic N) is 3. The summed E-state index contributed by atoms with van der Waals surface area (Å²) in [5, 5.41) is 21.7. The Labute approximate surface area is 259 Å². The molecule has 0 aliphatic carbocycles. The van der Waals surface area contributed by atoms with Crippen molar-refractivity contribution in [1.29, 1.82) is 0 Å². The second-order valence-corrected chi connectivity index (χ2v) is 11.3. The summed E-state index contributed by atoms with van der Waals surface area (Å²) >= 11 is 1.42. The minimum Gasteiger partial charge on any atom is -0.711 e. The molecule has 11 heteroatoms. The molecule has 2 heterocycles. The van der Waals surface area contributed by atoms with E-state index in [4.69, 9.17) is 9.47 Å². The van der Waals surface area contributed by atoms with Crippen molar-refractivity contribution in [2.75, 3.05) is 29.5 Å². The first-order valence-electron chi connectivity index (χ1n) is 14.1. The number of hydrogen-bond donors (Lipinski definition) is 1. The van der Waals surface area contributed by atoms with Crippen LogP contribution in [0.5, 0.6) is 5.75 Å².